The van der Waals surface area contributed by atoms with Crippen LogP contribution in [0.25, 0.3) is 6.08 Å². The highest BCUT2D eigenvalue weighted by Gasteiger charge is 1.86. The molecule has 0 N–H and O–H groups in total. The predicted molar refractivity (Wildman–Crippen MR) is 47.1 cm³/mol. The molecule has 1 rings (SSSR count). The molecular weight excluding hydrogens is 136 g/mol. The molecule has 1 aromatic rings. The van der Waals surface area contributed by atoms with Gasteiger partial charge in [0.1, 0.15) is 0 Å². The van der Waals surface area contributed by atoms with Gasteiger partial charge in [0.2, 0.25) is 0 Å². The number of aryl methyl sites for hydroxylation is 1. The summed E-state index contributed by atoms with van der Waals surface area (Å²) in [4.78, 5) is 0. The maximum atomic E-state index is 4.04. The minimum Gasteiger partial charge on any atom is -0.275 e. The Morgan fingerprint density at radius 1 is 1.45 bits per heavy atom. The second-order valence-corrected chi connectivity index (χ2v) is 2.33. The van der Waals surface area contributed by atoms with Gasteiger partial charge < -0.3 is 0 Å². The van der Waals surface area contributed by atoms with Gasteiger partial charge in [0.15, 0.2) is 0 Å². The topological polar surface area (TPSA) is 17.8 Å². The molecule has 0 radical (unpaired) electrons. The summed E-state index contributed by atoms with van der Waals surface area (Å²) in [6, 6.07) is 0. The Morgan fingerprint density at radius 3 is 2.82 bits per heavy atom. The average Bonchev–Trinajstić information content (AvgIpc) is 2.37. The number of aromatic nitrogens is 2. The highest BCUT2D eigenvalue weighted by molar-refractivity contribution is 5.48. The third kappa shape index (κ3) is 2.42. The van der Waals surface area contributed by atoms with Crippen molar-refractivity contribution >= 4 is 6.08 Å². The molecule has 2 nitrogen and oxygen atoms in total. The van der Waals surface area contributed by atoms with Crippen molar-refractivity contribution in [2.75, 3.05) is 0 Å². The first-order valence-electron chi connectivity index (χ1n) is 3.61. The number of nitrogens with zero attached hydrogens (tertiary/aromatic N) is 2. The Balaban J connectivity index is 2.64. The van der Waals surface area contributed by atoms with Crippen LogP contribution >= 0.6 is 0 Å². The Kier molecular flexibility index (Phi) is 2.66. The number of hydrogen-bond acceptors (Lipinski definition) is 1. The van der Waals surface area contributed by atoms with Gasteiger partial charge in [-0.15, -0.1) is 0 Å². The van der Waals surface area contributed by atoms with Crippen LogP contribution in [0.5, 0.6) is 0 Å². The quantitative estimate of drug-likeness (QED) is 0.586. The van der Waals surface area contributed by atoms with Crippen LogP contribution in [-0.2, 0) is 7.05 Å². The van der Waals surface area contributed by atoms with Crippen LogP contribution in [-0.4, -0.2) is 9.78 Å². The smallest absolute Gasteiger partial charge is 0.0562 e. The standard InChI is InChI=1S/C9H12N2/c1-3-4-5-6-9-7-10-11(2)8-9/h3-8H,1-2H3/b4-3-,6-5-. The Hall–Kier alpha value is -1.31. The minimum absolute atomic E-state index is 1.13. The molecule has 11 heavy (non-hydrogen) atoms. The zero-order valence-electron chi connectivity index (χ0n) is 6.86. The molecule has 1 aromatic heterocycles. The molecule has 0 saturated carbocycles. The van der Waals surface area contributed by atoms with Gasteiger partial charge >= 0.3 is 0 Å². The maximum Gasteiger partial charge on any atom is 0.0562 e. The predicted octanol–water partition coefficient (Wildman–Crippen LogP) is 2.01. The van der Waals surface area contributed by atoms with Crippen LogP contribution in [0.3, 0.4) is 0 Å². The maximum absolute atomic E-state index is 4.04. The first kappa shape index (κ1) is 7.79. The van der Waals surface area contributed by atoms with E-state index in [0.29, 0.717) is 0 Å². The lowest BCUT2D eigenvalue weighted by molar-refractivity contribution is 0.767. The first-order valence-corrected chi connectivity index (χ1v) is 3.61. The monoisotopic (exact) mass is 148 g/mol. The van der Waals surface area contributed by atoms with Crippen molar-refractivity contribution < 1.29 is 0 Å². The van der Waals surface area contributed by atoms with Crippen molar-refractivity contribution in [3.63, 3.8) is 0 Å². The van der Waals surface area contributed by atoms with Gasteiger partial charge in [0, 0.05) is 18.8 Å². The van der Waals surface area contributed by atoms with Crippen molar-refractivity contribution in [3.8, 4) is 0 Å². The van der Waals surface area contributed by atoms with Gasteiger partial charge in [-0.05, 0) is 6.92 Å². The zero-order chi connectivity index (χ0) is 8.10. The van der Waals surface area contributed by atoms with Crippen LogP contribution in [0, 0.1) is 0 Å². The highest BCUT2D eigenvalue weighted by atomic mass is 15.2. The average molecular weight is 148 g/mol. The van der Waals surface area contributed by atoms with E-state index in [0.717, 1.165) is 5.56 Å². The Morgan fingerprint density at radius 2 is 2.27 bits per heavy atom. The lowest BCUT2D eigenvalue weighted by atomic mass is 10.3. The number of allylic oxidation sites excluding steroid dienone is 3. The van der Waals surface area contributed by atoms with Crippen molar-refractivity contribution in [2.45, 2.75) is 6.92 Å². The van der Waals surface area contributed by atoms with E-state index in [1.165, 1.54) is 0 Å². The number of hydrogen-bond donors (Lipinski definition) is 0. The molecule has 0 aliphatic carbocycles. The highest BCUT2D eigenvalue weighted by Crippen LogP contribution is 1.98. The molecule has 0 unspecified atom stereocenters. The summed E-state index contributed by atoms with van der Waals surface area (Å²) in [5, 5.41) is 4.04. The zero-order valence-corrected chi connectivity index (χ0v) is 6.86. The van der Waals surface area contributed by atoms with Crippen LogP contribution in [0.2, 0.25) is 0 Å². The van der Waals surface area contributed by atoms with Crippen LogP contribution in [0.15, 0.2) is 30.6 Å². The second-order valence-electron chi connectivity index (χ2n) is 2.33. The molecular formula is C9H12N2. The van der Waals surface area contributed by atoms with E-state index < -0.39 is 0 Å². The molecule has 0 aliphatic heterocycles. The van der Waals surface area contributed by atoms with E-state index in [4.69, 9.17) is 0 Å². The second kappa shape index (κ2) is 3.76. The molecule has 2 heteroatoms. The van der Waals surface area contributed by atoms with Crippen molar-refractivity contribution in [1.29, 1.82) is 0 Å². The molecule has 0 fully saturated rings. The molecule has 0 atom stereocenters. The fourth-order valence-electron chi connectivity index (χ4n) is 0.804. The van der Waals surface area contributed by atoms with E-state index in [1.807, 2.05) is 50.7 Å². The van der Waals surface area contributed by atoms with Crippen molar-refractivity contribution in [3.05, 3.63) is 36.2 Å². The Bertz CT molecular complexity index is 269. The summed E-state index contributed by atoms with van der Waals surface area (Å²) >= 11 is 0. The Labute approximate surface area is 66.8 Å². The number of rotatable bonds is 2. The van der Waals surface area contributed by atoms with Gasteiger partial charge in [-0.2, -0.15) is 5.10 Å². The lowest BCUT2D eigenvalue weighted by Gasteiger charge is -1.80. The van der Waals surface area contributed by atoms with Gasteiger partial charge in [-0.1, -0.05) is 24.3 Å². The fraction of sp³-hybridized carbons (Fsp3) is 0.222. The van der Waals surface area contributed by atoms with Crippen molar-refractivity contribution in [2.24, 2.45) is 7.05 Å². The summed E-state index contributed by atoms with van der Waals surface area (Å²) in [6.07, 6.45) is 11.8. The molecule has 0 bridgehead atoms. The molecule has 0 aromatic carbocycles. The lowest BCUT2D eigenvalue weighted by Crippen LogP contribution is -1.83. The van der Waals surface area contributed by atoms with E-state index in [-0.39, 0.29) is 0 Å². The van der Waals surface area contributed by atoms with Crippen molar-refractivity contribution in [1.82, 2.24) is 9.78 Å². The van der Waals surface area contributed by atoms with Gasteiger partial charge in [-0.3, -0.25) is 4.68 Å². The molecule has 0 aliphatic rings. The summed E-state index contributed by atoms with van der Waals surface area (Å²) in [7, 11) is 1.91. The van der Waals surface area contributed by atoms with Crippen LogP contribution < -0.4 is 0 Å². The fourth-order valence-corrected chi connectivity index (χ4v) is 0.804. The first-order chi connectivity index (χ1) is 5.33. The minimum atomic E-state index is 1.13. The molecule has 0 amide bonds. The summed E-state index contributed by atoms with van der Waals surface area (Å²) in [5.41, 5.74) is 1.13. The molecule has 0 spiro atoms. The van der Waals surface area contributed by atoms with E-state index in [1.54, 1.807) is 4.68 Å². The van der Waals surface area contributed by atoms with E-state index in [2.05, 4.69) is 5.10 Å². The third-order valence-corrected chi connectivity index (χ3v) is 1.32. The largest absolute Gasteiger partial charge is 0.275 e. The van der Waals surface area contributed by atoms with Crippen LogP contribution in [0.1, 0.15) is 12.5 Å². The summed E-state index contributed by atoms with van der Waals surface area (Å²) < 4.78 is 1.79. The third-order valence-electron chi connectivity index (χ3n) is 1.32. The SMILES string of the molecule is C/C=C\C=C/c1cnn(C)c1. The van der Waals surface area contributed by atoms with E-state index in [9.17, 15) is 0 Å². The van der Waals surface area contributed by atoms with Gasteiger partial charge in [0.25, 0.3) is 0 Å². The summed E-state index contributed by atoms with van der Waals surface area (Å²) in [5.74, 6) is 0. The molecule has 1 heterocycles. The van der Waals surface area contributed by atoms with Gasteiger partial charge in [-0.25, -0.2) is 0 Å². The normalized spacial score (nSPS) is 11.8. The molecule has 0 saturated heterocycles. The van der Waals surface area contributed by atoms with Gasteiger partial charge in [0.05, 0.1) is 6.20 Å². The summed E-state index contributed by atoms with van der Waals surface area (Å²) in [6.45, 7) is 1.99. The van der Waals surface area contributed by atoms with E-state index >= 15 is 0 Å². The molecule has 58 valence electrons. The van der Waals surface area contributed by atoms with Crippen LogP contribution in [0.4, 0.5) is 0 Å².